The number of hydrogen-bond acceptors (Lipinski definition) is 5. The van der Waals surface area contributed by atoms with Gasteiger partial charge in [-0.1, -0.05) is 12.1 Å². The number of rotatable bonds is 9. The van der Waals surface area contributed by atoms with Gasteiger partial charge in [-0.2, -0.15) is 0 Å². The monoisotopic (exact) mass is 423 g/mol. The highest BCUT2D eigenvalue weighted by Crippen LogP contribution is 2.31. The van der Waals surface area contributed by atoms with Crippen molar-refractivity contribution in [1.29, 1.82) is 0 Å². The van der Waals surface area contributed by atoms with E-state index in [1.165, 1.54) is 12.8 Å². The number of aryl methyl sites for hydroxylation is 2. The molecule has 1 atom stereocenters. The van der Waals surface area contributed by atoms with Crippen molar-refractivity contribution in [1.82, 2.24) is 14.9 Å². The fraction of sp³-hybridized carbons (Fsp3) is 0.560. The fourth-order valence-corrected chi connectivity index (χ4v) is 4.23. The van der Waals surface area contributed by atoms with Crippen molar-refractivity contribution in [3.05, 3.63) is 53.1 Å². The maximum atomic E-state index is 12.9. The summed E-state index contributed by atoms with van der Waals surface area (Å²) in [5.41, 5.74) is 3.30. The number of benzene rings is 1. The third-order valence-electron chi connectivity index (χ3n) is 6.27. The van der Waals surface area contributed by atoms with Crippen molar-refractivity contribution < 1.29 is 14.3 Å². The molecule has 0 radical (unpaired) electrons. The average molecular weight is 424 g/mol. The zero-order chi connectivity index (χ0) is 21.6. The smallest absolute Gasteiger partial charge is 0.222 e. The summed E-state index contributed by atoms with van der Waals surface area (Å²) in [6, 6.07) is 7.95. The van der Waals surface area contributed by atoms with Crippen molar-refractivity contribution in [2.24, 2.45) is 5.92 Å². The van der Waals surface area contributed by atoms with E-state index in [0.29, 0.717) is 13.0 Å². The first-order valence-corrected chi connectivity index (χ1v) is 11.4. The maximum absolute atomic E-state index is 12.9. The van der Waals surface area contributed by atoms with Crippen LogP contribution in [0.2, 0.25) is 0 Å². The summed E-state index contributed by atoms with van der Waals surface area (Å²) in [6.07, 6.45) is 7.81. The molecular formula is C25H33N3O3. The highest BCUT2D eigenvalue weighted by molar-refractivity contribution is 5.76. The lowest BCUT2D eigenvalue weighted by Crippen LogP contribution is -2.39. The molecule has 1 aliphatic heterocycles. The zero-order valence-corrected chi connectivity index (χ0v) is 18.7. The Kier molecular flexibility index (Phi) is 7.17. The molecule has 2 fully saturated rings. The van der Waals surface area contributed by atoms with Gasteiger partial charge in [0.2, 0.25) is 5.91 Å². The van der Waals surface area contributed by atoms with E-state index < -0.39 is 0 Å². The summed E-state index contributed by atoms with van der Waals surface area (Å²) in [6.45, 7) is 4.88. The SMILES string of the molecule is COc1ccc(CCC(=O)N2CCCC(c3nc(C)ncc3COCC3CC3)C2)cc1. The van der Waals surface area contributed by atoms with Gasteiger partial charge in [-0.3, -0.25) is 4.79 Å². The predicted octanol–water partition coefficient (Wildman–Crippen LogP) is 4.06. The van der Waals surface area contributed by atoms with Crippen LogP contribution in [-0.4, -0.2) is 47.6 Å². The molecule has 1 amide bonds. The quantitative estimate of drug-likeness (QED) is 0.609. The lowest BCUT2D eigenvalue weighted by atomic mass is 9.91. The Balaban J connectivity index is 1.35. The predicted molar refractivity (Wildman–Crippen MR) is 119 cm³/mol. The van der Waals surface area contributed by atoms with Gasteiger partial charge < -0.3 is 14.4 Å². The van der Waals surface area contributed by atoms with Crippen molar-refractivity contribution >= 4 is 5.91 Å². The van der Waals surface area contributed by atoms with E-state index in [2.05, 4.69) is 4.98 Å². The van der Waals surface area contributed by atoms with Gasteiger partial charge in [-0.15, -0.1) is 0 Å². The van der Waals surface area contributed by atoms with Crippen LogP contribution in [-0.2, 0) is 22.6 Å². The highest BCUT2D eigenvalue weighted by atomic mass is 16.5. The Morgan fingerprint density at radius 2 is 2.00 bits per heavy atom. The van der Waals surface area contributed by atoms with E-state index >= 15 is 0 Å². The second-order valence-electron chi connectivity index (χ2n) is 8.81. The summed E-state index contributed by atoms with van der Waals surface area (Å²) in [4.78, 5) is 24.1. The number of ether oxygens (including phenoxy) is 2. The third kappa shape index (κ3) is 6.03. The molecule has 4 rings (SSSR count). The van der Waals surface area contributed by atoms with E-state index in [4.69, 9.17) is 14.5 Å². The molecule has 0 N–H and O–H groups in total. The number of piperidine rings is 1. The van der Waals surface area contributed by atoms with Crippen LogP contribution < -0.4 is 4.74 Å². The summed E-state index contributed by atoms with van der Waals surface area (Å²) in [5.74, 6) is 2.83. The van der Waals surface area contributed by atoms with Crippen LogP contribution in [0.25, 0.3) is 0 Å². The van der Waals surface area contributed by atoms with Gasteiger partial charge >= 0.3 is 0 Å². The van der Waals surface area contributed by atoms with Gasteiger partial charge in [-0.05, 0) is 62.6 Å². The summed E-state index contributed by atoms with van der Waals surface area (Å²) < 4.78 is 11.1. The molecule has 2 heterocycles. The number of amides is 1. The van der Waals surface area contributed by atoms with Crippen LogP contribution in [0.4, 0.5) is 0 Å². The summed E-state index contributed by atoms with van der Waals surface area (Å²) in [5, 5.41) is 0. The molecule has 6 nitrogen and oxygen atoms in total. The topological polar surface area (TPSA) is 64.5 Å². The van der Waals surface area contributed by atoms with Crippen molar-refractivity contribution in [2.45, 2.75) is 58.0 Å². The number of nitrogens with zero attached hydrogens (tertiary/aromatic N) is 3. The van der Waals surface area contributed by atoms with E-state index in [1.54, 1.807) is 7.11 Å². The van der Waals surface area contributed by atoms with Crippen LogP contribution >= 0.6 is 0 Å². The molecule has 0 bridgehead atoms. The Labute approximate surface area is 185 Å². The first-order valence-electron chi connectivity index (χ1n) is 11.4. The standard InChI is InChI=1S/C25H33N3O3/c1-18-26-14-22(17-31-16-20-5-6-20)25(27-18)21-4-3-13-28(15-21)24(29)12-9-19-7-10-23(30-2)11-8-19/h7-8,10-11,14,20-21H,3-6,9,12-13,15-17H2,1-2H3. The first kappa shape index (κ1) is 21.8. The van der Waals surface area contributed by atoms with Crippen LogP contribution in [0.1, 0.15) is 60.7 Å². The zero-order valence-electron chi connectivity index (χ0n) is 18.7. The van der Waals surface area contributed by atoms with Gasteiger partial charge in [-0.25, -0.2) is 9.97 Å². The normalized spacial score (nSPS) is 18.8. The number of carbonyl (C=O) groups is 1. The van der Waals surface area contributed by atoms with Crippen LogP contribution in [0.15, 0.2) is 30.5 Å². The van der Waals surface area contributed by atoms with Gasteiger partial charge in [0, 0.05) is 43.8 Å². The minimum absolute atomic E-state index is 0.220. The van der Waals surface area contributed by atoms with Crippen molar-refractivity contribution in [3.8, 4) is 5.75 Å². The van der Waals surface area contributed by atoms with Crippen LogP contribution in [0, 0.1) is 12.8 Å². The number of likely N-dealkylation sites (tertiary alicyclic amines) is 1. The molecule has 1 aliphatic carbocycles. The molecule has 0 spiro atoms. The van der Waals surface area contributed by atoms with Crippen molar-refractivity contribution in [2.75, 3.05) is 26.8 Å². The molecular weight excluding hydrogens is 390 g/mol. The lowest BCUT2D eigenvalue weighted by molar-refractivity contribution is -0.132. The number of aromatic nitrogens is 2. The van der Waals surface area contributed by atoms with Gasteiger partial charge in [0.15, 0.2) is 0 Å². The average Bonchev–Trinajstić information content (AvgIpc) is 3.63. The second kappa shape index (κ2) is 10.2. The first-order chi connectivity index (χ1) is 15.1. The molecule has 1 saturated carbocycles. The van der Waals surface area contributed by atoms with Gasteiger partial charge in [0.05, 0.1) is 19.4 Å². The molecule has 1 unspecified atom stereocenters. The Morgan fingerprint density at radius 1 is 1.19 bits per heavy atom. The van der Waals surface area contributed by atoms with Crippen LogP contribution in [0.3, 0.4) is 0 Å². The van der Waals surface area contributed by atoms with Gasteiger partial charge in [0.1, 0.15) is 11.6 Å². The third-order valence-corrected chi connectivity index (χ3v) is 6.27. The molecule has 2 aliphatic rings. The fourth-order valence-electron chi connectivity index (χ4n) is 4.23. The van der Waals surface area contributed by atoms with E-state index in [1.807, 2.05) is 42.3 Å². The minimum atomic E-state index is 0.220. The molecule has 31 heavy (non-hydrogen) atoms. The van der Waals surface area contributed by atoms with Crippen LogP contribution in [0.5, 0.6) is 5.75 Å². The molecule has 166 valence electrons. The summed E-state index contributed by atoms with van der Waals surface area (Å²) >= 11 is 0. The molecule has 6 heteroatoms. The Morgan fingerprint density at radius 3 is 2.74 bits per heavy atom. The van der Waals surface area contributed by atoms with E-state index in [0.717, 1.165) is 73.3 Å². The highest BCUT2D eigenvalue weighted by Gasteiger charge is 2.28. The van der Waals surface area contributed by atoms with E-state index in [9.17, 15) is 4.79 Å². The molecule has 1 aromatic carbocycles. The maximum Gasteiger partial charge on any atom is 0.222 e. The van der Waals surface area contributed by atoms with E-state index in [-0.39, 0.29) is 11.8 Å². The Bertz CT molecular complexity index is 880. The number of methoxy groups -OCH3 is 1. The van der Waals surface area contributed by atoms with Gasteiger partial charge in [0.25, 0.3) is 0 Å². The largest absolute Gasteiger partial charge is 0.497 e. The lowest BCUT2D eigenvalue weighted by Gasteiger charge is -2.33. The second-order valence-corrected chi connectivity index (χ2v) is 8.81. The summed E-state index contributed by atoms with van der Waals surface area (Å²) in [7, 11) is 1.66. The minimum Gasteiger partial charge on any atom is -0.497 e. The number of hydrogen-bond donors (Lipinski definition) is 0. The molecule has 1 aromatic heterocycles. The Hall–Kier alpha value is -2.47. The van der Waals surface area contributed by atoms with Crippen molar-refractivity contribution in [3.63, 3.8) is 0 Å². The number of carbonyl (C=O) groups excluding carboxylic acids is 1. The molecule has 2 aromatic rings. The molecule has 1 saturated heterocycles.